The molecule has 0 heterocycles. The molecule has 52 heavy (non-hydrogen) atoms. The van der Waals surface area contributed by atoms with E-state index in [1.807, 2.05) is 59.7 Å². The van der Waals surface area contributed by atoms with Gasteiger partial charge in [0, 0.05) is 11.5 Å². The minimum atomic E-state index is -0.595. The number of hydrogen-bond donors (Lipinski definition) is 1. The number of aryl methyl sites for hydroxylation is 2. The van der Waals surface area contributed by atoms with Crippen LogP contribution in [-0.4, -0.2) is 41.5 Å². The normalized spacial score (nSPS) is 16.1. The maximum absolute atomic E-state index is 12.7. The van der Waals surface area contributed by atoms with E-state index in [-0.39, 0.29) is 24.9 Å². The highest BCUT2D eigenvalue weighted by Gasteiger charge is 2.30. The summed E-state index contributed by atoms with van der Waals surface area (Å²) in [7, 11) is 0. The first-order valence-electron chi connectivity index (χ1n) is 19.4. The predicted octanol–water partition coefficient (Wildman–Crippen LogP) is 10.7. The van der Waals surface area contributed by atoms with Crippen molar-refractivity contribution in [1.29, 1.82) is 0 Å². The molecule has 0 bridgehead atoms. The first kappa shape index (κ1) is 39.2. The standard InChI is InChI=1S/C45H60O7/c1-29-23-39(49-27-41(47)51-44(3,4)5)36(31-17-11-9-12-18-31)25-34(29)43(33-21-15-16-22-38(33)46)35-26-37(32-19-13-10-14-20-32)40(24-30(35)2)50-28-42(48)52-45(6,7)8/h15-16,21-26,31-32,43,46H,9-14,17-20,27-28H2,1-8H3. The number of aromatic hydroxyl groups is 1. The summed E-state index contributed by atoms with van der Waals surface area (Å²) in [5, 5.41) is 11.5. The largest absolute Gasteiger partial charge is 0.508 e. The molecule has 2 aliphatic carbocycles. The monoisotopic (exact) mass is 712 g/mol. The summed E-state index contributed by atoms with van der Waals surface area (Å²) in [6.45, 7) is 15.0. The SMILES string of the molecule is Cc1cc(OCC(=O)OC(C)(C)C)c(C2CCCCC2)cc1C(c1cc(C2CCCCC2)c(OCC(=O)OC(C)(C)C)cc1C)c1ccccc1O. The molecule has 0 saturated heterocycles. The number of phenolic OH excluding ortho intramolecular Hbond substituents is 1. The Kier molecular flexibility index (Phi) is 12.6. The molecule has 2 saturated carbocycles. The van der Waals surface area contributed by atoms with Crippen LogP contribution in [0.3, 0.4) is 0 Å². The molecule has 2 aliphatic rings. The molecule has 2 fully saturated rings. The molecule has 0 radical (unpaired) electrons. The van der Waals surface area contributed by atoms with Crippen molar-refractivity contribution in [1.82, 2.24) is 0 Å². The van der Waals surface area contributed by atoms with Crippen LogP contribution in [0.1, 0.15) is 162 Å². The van der Waals surface area contributed by atoms with Crippen LogP contribution < -0.4 is 9.47 Å². The summed E-state index contributed by atoms with van der Waals surface area (Å²) in [4.78, 5) is 25.5. The summed E-state index contributed by atoms with van der Waals surface area (Å²) < 4.78 is 23.7. The van der Waals surface area contributed by atoms with Gasteiger partial charge in [0.25, 0.3) is 0 Å². The second-order valence-electron chi connectivity index (χ2n) is 16.9. The Morgan fingerprint density at radius 2 is 1.04 bits per heavy atom. The molecule has 0 spiro atoms. The Morgan fingerprint density at radius 1 is 0.635 bits per heavy atom. The third kappa shape index (κ3) is 10.3. The molecule has 0 atom stereocenters. The summed E-state index contributed by atoms with van der Waals surface area (Å²) >= 11 is 0. The fourth-order valence-electron chi connectivity index (χ4n) is 8.02. The zero-order chi connectivity index (χ0) is 37.6. The van der Waals surface area contributed by atoms with Crippen LogP contribution in [0, 0.1) is 13.8 Å². The van der Waals surface area contributed by atoms with Gasteiger partial charge in [0.2, 0.25) is 0 Å². The Balaban J connectivity index is 1.63. The summed E-state index contributed by atoms with van der Waals surface area (Å²) in [6.07, 6.45) is 11.3. The Morgan fingerprint density at radius 3 is 1.42 bits per heavy atom. The van der Waals surface area contributed by atoms with Gasteiger partial charge in [0.15, 0.2) is 13.2 Å². The van der Waals surface area contributed by atoms with Crippen LogP contribution in [0.15, 0.2) is 48.5 Å². The number of esters is 2. The van der Waals surface area contributed by atoms with E-state index in [4.69, 9.17) is 18.9 Å². The quantitative estimate of drug-likeness (QED) is 0.156. The highest BCUT2D eigenvalue weighted by atomic mass is 16.6. The molecule has 7 nitrogen and oxygen atoms in total. The van der Waals surface area contributed by atoms with Crippen LogP contribution in [-0.2, 0) is 19.1 Å². The number of benzene rings is 3. The van der Waals surface area contributed by atoms with Gasteiger partial charge < -0.3 is 24.1 Å². The van der Waals surface area contributed by atoms with E-state index in [0.717, 1.165) is 102 Å². The first-order valence-corrected chi connectivity index (χ1v) is 19.4. The number of hydrogen-bond acceptors (Lipinski definition) is 7. The van der Waals surface area contributed by atoms with E-state index >= 15 is 0 Å². The molecule has 0 aliphatic heterocycles. The molecule has 0 unspecified atom stereocenters. The van der Waals surface area contributed by atoms with Gasteiger partial charge in [-0.25, -0.2) is 9.59 Å². The van der Waals surface area contributed by atoms with Crippen molar-refractivity contribution in [3.05, 3.63) is 87.5 Å². The molecule has 5 rings (SSSR count). The number of carbonyl (C=O) groups excluding carboxylic acids is 2. The molecular weight excluding hydrogens is 652 g/mol. The maximum atomic E-state index is 12.7. The Bertz CT molecular complexity index is 1590. The van der Waals surface area contributed by atoms with Gasteiger partial charge in [-0.3, -0.25) is 0 Å². The molecule has 1 N–H and O–H groups in total. The van der Waals surface area contributed by atoms with Crippen molar-refractivity contribution in [3.63, 3.8) is 0 Å². The van der Waals surface area contributed by atoms with E-state index in [0.29, 0.717) is 11.8 Å². The smallest absolute Gasteiger partial charge is 0.344 e. The van der Waals surface area contributed by atoms with Crippen LogP contribution >= 0.6 is 0 Å². The van der Waals surface area contributed by atoms with E-state index < -0.39 is 23.1 Å². The van der Waals surface area contributed by atoms with Crippen LogP contribution in [0.2, 0.25) is 0 Å². The molecule has 282 valence electrons. The van der Waals surface area contributed by atoms with Crippen LogP contribution in [0.5, 0.6) is 17.2 Å². The summed E-state index contributed by atoms with van der Waals surface area (Å²) in [5.41, 5.74) is 6.04. The van der Waals surface area contributed by atoms with Crippen molar-refractivity contribution in [2.45, 2.75) is 149 Å². The lowest BCUT2D eigenvalue weighted by molar-refractivity contribution is -0.158. The number of phenols is 1. The van der Waals surface area contributed by atoms with E-state index in [9.17, 15) is 14.7 Å². The van der Waals surface area contributed by atoms with Gasteiger partial charge in [-0.2, -0.15) is 0 Å². The Labute approximate surface area is 311 Å². The van der Waals surface area contributed by atoms with Gasteiger partial charge in [-0.05, 0) is 144 Å². The Hall–Kier alpha value is -4.00. The van der Waals surface area contributed by atoms with Crippen LogP contribution in [0.4, 0.5) is 0 Å². The van der Waals surface area contributed by atoms with E-state index in [1.54, 1.807) is 6.07 Å². The van der Waals surface area contributed by atoms with E-state index in [1.165, 1.54) is 12.8 Å². The zero-order valence-electron chi connectivity index (χ0n) is 32.7. The lowest BCUT2D eigenvalue weighted by atomic mass is 9.75. The molecule has 0 amide bonds. The number of ether oxygens (including phenoxy) is 4. The average Bonchev–Trinajstić information content (AvgIpc) is 3.08. The average molecular weight is 713 g/mol. The number of rotatable bonds is 11. The lowest BCUT2D eigenvalue weighted by Crippen LogP contribution is -2.27. The van der Waals surface area contributed by atoms with Crippen molar-refractivity contribution in [2.24, 2.45) is 0 Å². The van der Waals surface area contributed by atoms with Gasteiger partial charge >= 0.3 is 11.9 Å². The minimum Gasteiger partial charge on any atom is -0.508 e. The molecular formula is C45H60O7. The third-order valence-electron chi connectivity index (χ3n) is 10.3. The highest BCUT2D eigenvalue weighted by molar-refractivity contribution is 5.72. The minimum absolute atomic E-state index is 0.159. The first-order chi connectivity index (χ1) is 24.6. The molecule has 7 heteroatoms. The number of para-hydroxylation sites is 1. The fraction of sp³-hybridized carbons (Fsp3) is 0.556. The van der Waals surface area contributed by atoms with Crippen LogP contribution in [0.25, 0.3) is 0 Å². The van der Waals surface area contributed by atoms with Crippen molar-refractivity contribution >= 4 is 11.9 Å². The number of carbonyl (C=O) groups is 2. The van der Waals surface area contributed by atoms with Gasteiger partial charge in [-0.15, -0.1) is 0 Å². The fourth-order valence-corrected chi connectivity index (χ4v) is 8.02. The maximum Gasteiger partial charge on any atom is 0.344 e. The second kappa shape index (κ2) is 16.8. The van der Waals surface area contributed by atoms with Gasteiger partial charge in [0.05, 0.1) is 0 Å². The highest BCUT2D eigenvalue weighted by Crippen LogP contribution is 2.47. The van der Waals surface area contributed by atoms with Gasteiger partial charge in [0.1, 0.15) is 28.5 Å². The lowest BCUT2D eigenvalue weighted by Gasteiger charge is -2.30. The summed E-state index contributed by atoms with van der Waals surface area (Å²) in [6, 6.07) is 16.3. The topological polar surface area (TPSA) is 91.3 Å². The third-order valence-corrected chi connectivity index (χ3v) is 10.3. The molecule has 0 aromatic heterocycles. The van der Waals surface area contributed by atoms with Crippen molar-refractivity contribution in [2.75, 3.05) is 13.2 Å². The second-order valence-corrected chi connectivity index (χ2v) is 16.9. The van der Waals surface area contributed by atoms with Crippen molar-refractivity contribution in [3.8, 4) is 17.2 Å². The summed E-state index contributed by atoms with van der Waals surface area (Å²) in [5.74, 6) is 1.21. The zero-order valence-corrected chi connectivity index (χ0v) is 32.7. The molecule has 3 aromatic carbocycles. The van der Waals surface area contributed by atoms with E-state index in [2.05, 4.69) is 38.1 Å². The predicted molar refractivity (Wildman–Crippen MR) is 206 cm³/mol. The molecule has 3 aromatic rings. The van der Waals surface area contributed by atoms with Crippen molar-refractivity contribution < 1.29 is 33.6 Å². The van der Waals surface area contributed by atoms with Gasteiger partial charge in [-0.1, -0.05) is 68.9 Å².